The Morgan fingerprint density at radius 1 is 0.833 bits per heavy atom. The number of aryl methyl sites for hydroxylation is 3. The van der Waals surface area contributed by atoms with Gasteiger partial charge in [-0.3, -0.25) is 4.79 Å². The van der Waals surface area contributed by atoms with Crippen molar-refractivity contribution in [2.24, 2.45) is 0 Å². The normalized spacial score (nSPS) is 16.8. The average molecular weight is 420 g/mol. The highest BCUT2D eigenvalue weighted by Crippen LogP contribution is 2.34. The van der Waals surface area contributed by atoms with E-state index in [9.17, 15) is 13.2 Å². The van der Waals surface area contributed by atoms with Crippen molar-refractivity contribution in [1.82, 2.24) is 4.31 Å². The topological polar surface area (TPSA) is 54.5 Å². The molecule has 1 aliphatic heterocycles. The summed E-state index contributed by atoms with van der Waals surface area (Å²) in [6.07, 6.45) is 0.0720. The standard InChI is InChI=1S/C25H25NO3S/c1-17-8-10-22(11-9-17)30(28,29)26-16-24(21-13-18(2)12-19(3)14-21)23-7-5-4-6-20(23)15-25(26)27/h4-14,24H,15-16H2,1-3H3. The van der Waals surface area contributed by atoms with Gasteiger partial charge >= 0.3 is 0 Å². The van der Waals surface area contributed by atoms with Crippen molar-refractivity contribution < 1.29 is 13.2 Å². The van der Waals surface area contributed by atoms with Gasteiger partial charge in [-0.05, 0) is 49.6 Å². The summed E-state index contributed by atoms with van der Waals surface area (Å²) in [6.45, 7) is 6.06. The van der Waals surface area contributed by atoms with Crippen LogP contribution in [0.5, 0.6) is 0 Å². The highest BCUT2D eigenvalue weighted by atomic mass is 32.2. The molecule has 0 saturated heterocycles. The van der Waals surface area contributed by atoms with Crippen LogP contribution < -0.4 is 0 Å². The maximum Gasteiger partial charge on any atom is 0.266 e. The lowest BCUT2D eigenvalue weighted by Crippen LogP contribution is -2.39. The fourth-order valence-corrected chi connectivity index (χ4v) is 5.63. The number of hydrogen-bond donors (Lipinski definition) is 0. The summed E-state index contributed by atoms with van der Waals surface area (Å²) in [5.74, 6) is -0.610. The van der Waals surface area contributed by atoms with E-state index < -0.39 is 15.9 Å². The number of nitrogens with zero attached hydrogens (tertiary/aromatic N) is 1. The van der Waals surface area contributed by atoms with Crippen molar-refractivity contribution in [3.8, 4) is 0 Å². The lowest BCUT2D eigenvalue weighted by atomic mass is 9.87. The third-order valence-electron chi connectivity index (χ3n) is 5.65. The SMILES string of the molecule is Cc1ccc(S(=O)(=O)N2CC(c3cc(C)cc(C)c3)c3ccccc3CC2=O)cc1. The van der Waals surface area contributed by atoms with Gasteiger partial charge in [0.2, 0.25) is 5.91 Å². The number of amides is 1. The van der Waals surface area contributed by atoms with E-state index in [1.54, 1.807) is 24.3 Å². The molecule has 1 aliphatic rings. The first kappa shape index (κ1) is 20.4. The molecule has 0 aliphatic carbocycles. The molecule has 4 nitrogen and oxygen atoms in total. The highest BCUT2D eigenvalue weighted by molar-refractivity contribution is 7.89. The molecule has 1 amide bonds. The Hall–Kier alpha value is -2.92. The molecule has 0 aromatic heterocycles. The molecule has 4 rings (SSSR count). The Labute approximate surface area is 178 Å². The van der Waals surface area contributed by atoms with Crippen LogP contribution in [0, 0.1) is 20.8 Å². The van der Waals surface area contributed by atoms with E-state index in [1.807, 2.05) is 45.0 Å². The van der Waals surface area contributed by atoms with Gasteiger partial charge in [0.15, 0.2) is 0 Å². The summed E-state index contributed by atoms with van der Waals surface area (Å²) in [5, 5.41) is 0. The van der Waals surface area contributed by atoms with Crippen LogP contribution in [-0.4, -0.2) is 25.2 Å². The van der Waals surface area contributed by atoms with Gasteiger partial charge in [-0.25, -0.2) is 12.7 Å². The lowest BCUT2D eigenvalue weighted by molar-refractivity contribution is -0.125. The maximum atomic E-state index is 13.4. The minimum atomic E-state index is -3.95. The maximum absolute atomic E-state index is 13.4. The largest absolute Gasteiger partial charge is 0.273 e. The zero-order valence-electron chi connectivity index (χ0n) is 17.4. The summed E-state index contributed by atoms with van der Waals surface area (Å²) in [6, 6.07) is 20.7. The van der Waals surface area contributed by atoms with Gasteiger partial charge in [-0.1, -0.05) is 71.3 Å². The number of fused-ring (bicyclic) bond motifs is 1. The summed E-state index contributed by atoms with van der Waals surface area (Å²) < 4.78 is 27.9. The smallest absolute Gasteiger partial charge is 0.266 e. The van der Waals surface area contributed by atoms with E-state index in [1.165, 1.54) is 0 Å². The average Bonchev–Trinajstić information content (AvgIpc) is 2.84. The van der Waals surface area contributed by atoms with Gasteiger partial charge in [-0.15, -0.1) is 0 Å². The molecule has 3 aromatic rings. The first-order valence-corrected chi connectivity index (χ1v) is 11.5. The molecule has 1 atom stereocenters. The minimum Gasteiger partial charge on any atom is -0.273 e. The van der Waals surface area contributed by atoms with Crippen molar-refractivity contribution in [3.63, 3.8) is 0 Å². The van der Waals surface area contributed by atoms with E-state index in [2.05, 4.69) is 18.2 Å². The molecule has 0 bridgehead atoms. The molecule has 1 heterocycles. The molecule has 154 valence electrons. The monoisotopic (exact) mass is 419 g/mol. The van der Waals surface area contributed by atoms with E-state index in [0.29, 0.717) is 0 Å². The molecule has 5 heteroatoms. The van der Waals surface area contributed by atoms with Gasteiger partial charge in [-0.2, -0.15) is 0 Å². The fraction of sp³-hybridized carbons (Fsp3) is 0.240. The van der Waals surface area contributed by atoms with E-state index >= 15 is 0 Å². The quantitative estimate of drug-likeness (QED) is 0.627. The predicted molar refractivity (Wildman–Crippen MR) is 118 cm³/mol. The fourth-order valence-electron chi connectivity index (χ4n) is 4.22. The van der Waals surface area contributed by atoms with Crippen LogP contribution in [0.1, 0.15) is 39.3 Å². The molecule has 0 fully saturated rings. The van der Waals surface area contributed by atoms with Gasteiger partial charge in [0.1, 0.15) is 0 Å². The van der Waals surface area contributed by atoms with Crippen LogP contribution in [0.3, 0.4) is 0 Å². The minimum absolute atomic E-state index is 0.0720. The number of benzene rings is 3. The Bertz CT molecular complexity index is 1190. The third-order valence-corrected chi connectivity index (χ3v) is 7.45. The van der Waals surface area contributed by atoms with Gasteiger partial charge in [0.05, 0.1) is 11.3 Å². The summed E-state index contributed by atoms with van der Waals surface area (Å²) >= 11 is 0. The molecular weight excluding hydrogens is 394 g/mol. The van der Waals surface area contributed by atoms with Crippen molar-refractivity contribution in [3.05, 3.63) is 100 Å². The van der Waals surface area contributed by atoms with Crippen molar-refractivity contribution >= 4 is 15.9 Å². The van der Waals surface area contributed by atoms with E-state index in [-0.39, 0.29) is 23.8 Å². The van der Waals surface area contributed by atoms with Crippen molar-refractivity contribution in [1.29, 1.82) is 0 Å². The highest BCUT2D eigenvalue weighted by Gasteiger charge is 2.36. The zero-order chi connectivity index (χ0) is 21.5. The van der Waals surface area contributed by atoms with Crippen LogP contribution in [0.25, 0.3) is 0 Å². The Kier molecular flexibility index (Phi) is 5.24. The Balaban J connectivity index is 1.85. The van der Waals surface area contributed by atoms with Gasteiger partial charge in [0, 0.05) is 12.5 Å². The first-order valence-electron chi connectivity index (χ1n) is 10.0. The van der Waals surface area contributed by atoms with Crippen LogP contribution in [-0.2, 0) is 21.2 Å². The number of sulfonamides is 1. The molecule has 30 heavy (non-hydrogen) atoms. The lowest BCUT2D eigenvalue weighted by Gasteiger charge is -2.26. The molecular formula is C25H25NO3S. The molecule has 0 N–H and O–H groups in total. The van der Waals surface area contributed by atoms with Crippen LogP contribution in [0.15, 0.2) is 71.6 Å². The zero-order valence-corrected chi connectivity index (χ0v) is 18.2. The predicted octanol–water partition coefficient (Wildman–Crippen LogP) is 4.52. The molecule has 0 spiro atoms. The van der Waals surface area contributed by atoms with Crippen molar-refractivity contribution in [2.75, 3.05) is 6.54 Å². The second-order valence-corrected chi connectivity index (χ2v) is 9.95. The Morgan fingerprint density at radius 3 is 2.13 bits per heavy atom. The molecule has 0 radical (unpaired) electrons. The number of carbonyl (C=O) groups is 1. The number of carbonyl (C=O) groups excluding carboxylic acids is 1. The van der Waals surface area contributed by atoms with Crippen LogP contribution in [0.2, 0.25) is 0 Å². The second-order valence-electron chi connectivity index (χ2n) is 8.09. The third kappa shape index (κ3) is 3.77. The molecule has 0 saturated carbocycles. The van der Waals surface area contributed by atoms with E-state index in [4.69, 9.17) is 0 Å². The summed E-state index contributed by atoms with van der Waals surface area (Å²) in [5.41, 5.74) is 6.12. The van der Waals surface area contributed by atoms with E-state index in [0.717, 1.165) is 37.7 Å². The summed E-state index contributed by atoms with van der Waals surface area (Å²) in [4.78, 5) is 13.3. The molecule has 1 unspecified atom stereocenters. The van der Waals surface area contributed by atoms with Gasteiger partial charge in [0.25, 0.3) is 10.0 Å². The van der Waals surface area contributed by atoms with Crippen LogP contribution >= 0.6 is 0 Å². The summed E-state index contributed by atoms with van der Waals surface area (Å²) in [7, 11) is -3.95. The Morgan fingerprint density at radius 2 is 1.47 bits per heavy atom. The number of rotatable bonds is 3. The van der Waals surface area contributed by atoms with Crippen molar-refractivity contribution in [2.45, 2.75) is 38.0 Å². The first-order chi connectivity index (χ1) is 14.3. The van der Waals surface area contributed by atoms with Gasteiger partial charge < -0.3 is 0 Å². The molecule has 3 aromatic carbocycles. The number of hydrogen-bond acceptors (Lipinski definition) is 3. The second kappa shape index (κ2) is 7.73. The van der Waals surface area contributed by atoms with Crippen LogP contribution in [0.4, 0.5) is 0 Å².